The predicted molar refractivity (Wildman–Crippen MR) is 74.8 cm³/mol. The van der Waals surface area contributed by atoms with Gasteiger partial charge in [0.2, 0.25) is 10.0 Å². The SMILES string of the molecule is CC1Cc2cc(S(=O)(=O)N3CCC[C@H]3C(=O)O)ccc2O1. The highest BCUT2D eigenvalue weighted by atomic mass is 32.2. The average molecular weight is 311 g/mol. The Hall–Kier alpha value is -1.60. The van der Waals surface area contributed by atoms with E-state index in [1.54, 1.807) is 12.1 Å². The summed E-state index contributed by atoms with van der Waals surface area (Å²) in [6.07, 6.45) is 1.64. The number of aliphatic carboxylic acids is 1. The number of carboxylic acid groups (broad SMARTS) is 1. The van der Waals surface area contributed by atoms with Crippen molar-refractivity contribution in [2.75, 3.05) is 6.54 Å². The van der Waals surface area contributed by atoms with E-state index in [0.717, 1.165) is 9.87 Å². The minimum atomic E-state index is -3.78. The lowest BCUT2D eigenvalue weighted by Crippen LogP contribution is -2.40. The zero-order valence-corrected chi connectivity index (χ0v) is 12.5. The topological polar surface area (TPSA) is 83.9 Å². The van der Waals surface area contributed by atoms with Gasteiger partial charge in [0.05, 0.1) is 4.90 Å². The summed E-state index contributed by atoms with van der Waals surface area (Å²) >= 11 is 0. The van der Waals surface area contributed by atoms with E-state index in [1.165, 1.54) is 6.07 Å². The first-order valence-corrected chi connectivity index (χ1v) is 8.38. The van der Waals surface area contributed by atoms with E-state index in [9.17, 15) is 13.2 Å². The highest BCUT2D eigenvalue weighted by molar-refractivity contribution is 7.89. The molecule has 2 aliphatic rings. The zero-order chi connectivity index (χ0) is 15.2. The molecule has 1 fully saturated rings. The number of benzene rings is 1. The number of fused-ring (bicyclic) bond motifs is 1. The van der Waals surface area contributed by atoms with Gasteiger partial charge in [0.25, 0.3) is 0 Å². The van der Waals surface area contributed by atoms with Gasteiger partial charge < -0.3 is 9.84 Å². The molecular weight excluding hydrogens is 294 g/mol. The molecule has 114 valence electrons. The molecule has 1 saturated heterocycles. The lowest BCUT2D eigenvalue weighted by molar-refractivity contribution is -0.140. The number of rotatable bonds is 3. The molecule has 2 heterocycles. The smallest absolute Gasteiger partial charge is 0.322 e. The monoisotopic (exact) mass is 311 g/mol. The molecule has 21 heavy (non-hydrogen) atoms. The van der Waals surface area contributed by atoms with E-state index >= 15 is 0 Å². The van der Waals surface area contributed by atoms with Crippen molar-refractivity contribution in [2.24, 2.45) is 0 Å². The van der Waals surface area contributed by atoms with E-state index in [4.69, 9.17) is 9.84 Å². The molecule has 0 bridgehead atoms. The molecule has 2 atom stereocenters. The molecule has 1 N–H and O–H groups in total. The summed E-state index contributed by atoms with van der Waals surface area (Å²) in [5, 5.41) is 9.16. The largest absolute Gasteiger partial charge is 0.490 e. The molecule has 7 heteroatoms. The van der Waals surface area contributed by atoms with Gasteiger partial charge in [0, 0.05) is 13.0 Å². The van der Waals surface area contributed by atoms with E-state index in [-0.39, 0.29) is 17.5 Å². The van der Waals surface area contributed by atoms with E-state index in [0.29, 0.717) is 25.0 Å². The van der Waals surface area contributed by atoms with Crippen LogP contribution in [-0.2, 0) is 21.2 Å². The number of carboxylic acids is 1. The van der Waals surface area contributed by atoms with Crippen molar-refractivity contribution in [3.05, 3.63) is 23.8 Å². The Bertz CT molecular complexity index is 685. The first-order chi connectivity index (χ1) is 9.89. The molecule has 2 aliphatic heterocycles. The fourth-order valence-electron chi connectivity index (χ4n) is 2.97. The standard InChI is InChI=1S/C14H17NO5S/c1-9-7-10-8-11(4-5-13(10)20-9)21(18,19)15-6-2-3-12(15)14(16)17/h4-5,8-9,12H,2-3,6-7H2,1H3,(H,16,17)/t9?,12-/m0/s1. The van der Waals surface area contributed by atoms with Gasteiger partial charge in [-0.1, -0.05) is 0 Å². The van der Waals surface area contributed by atoms with E-state index in [1.807, 2.05) is 6.92 Å². The van der Waals surface area contributed by atoms with Crippen LogP contribution in [0.25, 0.3) is 0 Å². The molecule has 0 saturated carbocycles. The Balaban J connectivity index is 1.96. The number of nitrogens with zero attached hydrogens (tertiary/aromatic N) is 1. The molecular formula is C14H17NO5S. The highest BCUT2D eigenvalue weighted by Crippen LogP contribution is 2.33. The summed E-state index contributed by atoms with van der Waals surface area (Å²) < 4.78 is 32.0. The fraction of sp³-hybridized carbons (Fsp3) is 0.500. The van der Waals surface area contributed by atoms with Gasteiger partial charge in [-0.25, -0.2) is 8.42 Å². The maximum Gasteiger partial charge on any atom is 0.322 e. The van der Waals surface area contributed by atoms with Crippen molar-refractivity contribution in [3.8, 4) is 5.75 Å². The van der Waals surface area contributed by atoms with Gasteiger partial charge in [-0.3, -0.25) is 4.79 Å². The Labute approximate surface area is 123 Å². The van der Waals surface area contributed by atoms with Crippen LogP contribution in [0.2, 0.25) is 0 Å². The van der Waals surface area contributed by atoms with Crippen LogP contribution in [0.15, 0.2) is 23.1 Å². The second-order valence-electron chi connectivity index (χ2n) is 5.51. The molecule has 1 aromatic rings. The van der Waals surface area contributed by atoms with Crippen LogP contribution in [-0.4, -0.2) is 42.5 Å². The van der Waals surface area contributed by atoms with Crippen molar-refractivity contribution < 1.29 is 23.1 Å². The van der Waals surface area contributed by atoms with Crippen LogP contribution in [0.5, 0.6) is 5.75 Å². The van der Waals surface area contributed by atoms with E-state index in [2.05, 4.69) is 0 Å². The number of hydrogen-bond donors (Lipinski definition) is 1. The summed E-state index contributed by atoms with van der Waals surface area (Å²) in [5.41, 5.74) is 0.856. The van der Waals surface area contributed by atoms with Crippen LogP contribution in [0.3, 0.4) is 0 Å². The maximum absolute atomic E-state index is 12.7. The van der Waals surface area contributed by atoms with Crippen LogP contribution in [0, 0.1) is 0 Å². The summed E-state index contributed by atoms with van der Waals surface area (Å²) in [6, 6.07) is 3.78. The van der Waals surface area contributed by atoms with Gasteiger partial charge in [-0.15, -0.1) is 0 Å². The third kappa shape index (κ3) is 2.40. The molecule has 1 aromatic carbocycles. The number of hydrogen-bond acceptors (Lipinski definition) is 4. The normalized spacial score (nSPS) is 25.6. The van der Waals surface area contributed by atoms with Crippen LogP contribution < -0.4 is 4.74 Å². The second-order valence-corrected chi connectivity index (χ2v) is 7.40. The highest BCUT2D eigenvalue weighted by Gasteiger charge is 2.39. The minimum Gasteiger partial charge on any atom is -0.490 e. The third-order valence-electron chi connectivity index (χ3n) is 3.96. The van der Waals surface area contributed by atoms with E-state index < -0.39 is 22.0 Å². The van der Waals surface area contributed by atoms with Gasteiger partial charge in [-0.05, 0) is 43.5 Å². The second kappa shape index (κ2) is 4.99. The Morgan fingerprint density at radius 1 is 1.43 bits per heavy atom. The van der Waals surface area contributed by atoms with Crippen LogP contribution in [0.1, 0.15) is 25.3 Å². The molecule has 0 radical (unpaired) electrons. The quantitative estimate of drug-likeness (QED) is 0.908. The predicted octanol–water partition coefficient (Wildman–Crippen LogP) is 1.25. The van der Waals surface area contributed by atoms with Crippen LogP contribution in [0.4, 0.5) is 0 Å². The van der Waals surface area contributed by atoms with Gasteiger partial charge >= 0.3 is 5.97 Å². The van der Waals surface area contributed by atoms with Crippen molar-refractivity contribution >= 4 is 16.0 Å². The number of ether oxygens (including phenoxy) is 1. The van der Waals surface area contributed by atoms with Gasteiger partial charge in [0.15, 0.2) is 0 Å². The maximum atomic E-state index is 12.7. The summed E-state index contributed by atoms with van der Waals surface area (Å²) in [5.74, 6) is -0.383. The van der Waals surface area contributed by atoms with Crippen molar-refractivity contribution in [1.82, 2.24) is 4.31 Å². The number of sulfonamides is 1. The summed E-state index contributed by atoms with van der Waals surface area (Å²) in [7, 11) is -3.78. The molecule has 6 nitrogen and oxygen atoms in total. The van der Waals surface area contributed by atoms with Crippen LogP contribution >= 0.6 is 0 Å². The first-order valence-electron chi connectivity index (χ1n) is 6.94. The summed E-state index contributed by atoms with van der Waals surface area (Å²) in [6.45, 7) is 2.18. The first kappa shape index (κ1) is 14.3. The zero-order valence-electron chi connectivity index (χ0n) is 11.7. The number of carbonyl (C=O) groups is 1. The Morgan fingerprint density at radius 3 is 2.90 bits per heavy atom. The Morgan fingerprint density at radius 2 is 2.19 bits per heavy atom. The summed E-state index contributed by atoms with van der Waals surface area (Å²) in [4.78, 5) is 11.3. The fourth-order valence-corrected chi connectivity index (χ4v) is 4.67. The minimum absolute atomic E-state index is 0.0384. The average Bonchev–Trinajstić information content (AvgIpc) is 3.02. The van der Waals surface area contributed by atoms with Gasteiger partial charge in [-0.2, -0.15) is 4.31 Å². The lowest BCUT2D eigenvalue weighted by Gasteiger charge is -2.21. The third-order valence-corrected chi connectivity index (χ3v) is 5.87. The molecule has 0 amide bonds. The van der Waals surface area contributed by atoms with Crippen molar-refractivity contribution in [2.45, 2.75) is 43.2 Å². The van der Waals surface area contributed by atoms with Gasteiger partial charge in [0.1, 0.15) is 17.9 Å². The van der Waals surface area contributed by atoms with Crippen molar-refractivity contribution in [3.63, 3.8) is 0 Å². The lowest BCUT2D eigenvalue weighted by atomic mass is 10.1. The molecule has 0 spiro atoms. The molecule has 0 aromatic heterocycles. The molecule has 0 aliphatic carbocycles. The molecule has 3 rings (SSSR count). The molecule has 1 unspecified atom stereocenters. The van der Waals surface area contributed by atoms with Crippen molar-refractivity contribution in [1.29, 1.82) is 0 Å². The Kier molecular flexibility index (Phi) is 3.41.